The van der Waals surface area contributed by atoms with Crippen LogP contribution in [0.2, 0.25) is 0 Å². The van der Waals surface area contributed by atoms with E-state index in [9.17, 15) is 4.79 Å². The van der Waals surface area contributed by atoms with E-state index in [0.717, 1.165) is 19.6 Å². The van der Waals surface area contributed by atoms with Crippen molar-refractivity contribution in [1.82, 2.24) is 10.2 Å². The number of hydrogen-bond acceptors (Lipinski definition) is 3. The molecule has 0 aliphatic carbocycles. The average molecular weight is 200 g/mol. The zero-order valence-electron chi connectivity index (χ0n) is 9.25. The molecule has 1 aliphatic heterocycles. The number of likely N-dealkylation sites (N-methyl/N-ethyl adjacent to an activating group) is 1. The monoisotopic (exact) mass is 200 g/mol. The molecule has 0 radical (unpaired) electrons. The number of nitrogens with one attached hydrogen (secondary N) is 1. The predicted molar refractivity (Wildman–Crippen MR) is 55.1 cm³/mol. The molecule has 0 spiro atoms. The summed E-state index contributed by atoms with van der Waals surface area (Å²) < 4.78 is 5.52. The highest BCUT2D eigenvalue weighted by Gasteiger charge is 2.24. The van der Waals surface area contributed by atoms with Crippen LogP contribution in [0, 0.1) is 5.92 Å². The third-order valence-electron chi connectivity index (χ3n) is 2.38. The van der Waals surface area contributed by atoms with Gasteiger partial charge in [-0.15, -0.1) is 0 Å². The number of morpholine rings is 1. The summed E-state index contributed by atoms with van der Waals surface area (Å²) in [5, 5.41) is 3.06. The Morgan fingerprint density at radius 2 is 2.36 bits per heavy atom. The molecule has 1 fully saturated rings. The van der Waals surface area contributed by atoms with Gasteiger partial charge in [0.15, 0.2) is 0 Å². The van der Waals surface area contributed by atoms with E-state index in [1.807, 2.05) is 25.8 Å². The van der Waals surface area contributed by atoms with Gasteiger partial charge in [0.1, 0.15) is 0 Å². The number of carbonyl (C=O) groups excluding carboxylic acids is 1. The van der Waals surface area contributed by atoms with Gasteiger partial charge in [0.2, 0.25) is 5.91 Å². The maximum atomic E-state index is 11.7. The summed E-state index contributed by atoms with van der Waals surface area (Å²) in [4.78, 5) is 13.6. The minimum Gasteiger partial charge on any atom is -0.373 e. The fraction of sp³-hybridized carbons (Fsp3) is 0.900. The van der Waals surface area contributed by atoms with E-state index in [1.165, 1.54) is 0 Å². The molecule has 0 aromatic rings. The summed E-state index contributed by atoms with van der Waals surface area (Å²) in [6.45, 7) is 6.79. The second-order valence-corrected chi connectivity index (χ2v) is 3.99. The van der Waals surface area contributed by atoms with Crippen LogP contribution in [-0.4, -0.2) is 50.2 Å². The van der Waals surface area contributed by atoms with Gasteiger partial charge in [0.25, 0.3) is 0 Å². The standard InChI is InChI=1S/C10H20N2O2/c1-8(2)10(13)12-4-5-14-9(7-12)6-11-3/h8-9,11H,4-7H2,1-3H3/t9-/m1/s1. The molecule has 1 atom stereocenters. The molecule has 1 amide bonds. The Balaban J connectivity index is 2.43. The van der Waals surface area contributed by atoms with Crippen molar-refractivity contribution >= 4 is 5.91 Å². The van der Waals surface area contributed by atoms with E-state index in [4.69, 9.17) is 4.74 Å². The molecule has 0 aromatic heterocycles. The highest BCUT2D eigenvalue weighted by atomic mass is 16.5. The summed E-state index contributed by atoms with van der Waals surface area (Å²) in [5.74, 6) is 0.317. The molecular formula is C10H20N2O2. The Kier molecular flexibility index (Phi) is 4.35. The van der Waals surface area contributed by atoms with Gasteiger partial charge in [-0.3, -0.25) is 4.79 Å². The van der Waals surface area contributed by atoms with E-state index in [2.05, 4.69) is 5.32 Å². The van der Waals surface area contributed by atoms with Crippen LogP contribution in [0.1, 0.15) is 13.8 Å². The van der Waals surface area contributed by atoms with Crippen molar-refractivity contribution in [2.45, 2.75) is 20.0 Å². The van der Waals surface area contributed by atoms with Gasteiger partial charge in [0.05, 0.1) is 12.7 Å². The number of ether oxygens (including phenoxy) is 1. The molecule has 4 nitrogen and oxygen atoms in total. The van der Waals surface area contributed by atoms with E-state index in [-0.39, 0.29) is 17.9 Å². The van der Waals surface area contributed by atoms with Crippen LogP contribution in [-0.2, 0) is 9.53 Å². The molecule has 4 heteroatoms. The minimum absolute atomic E-state index is 0.0864. The fourth-order valence-electron chi connectivity index (χ4n) is 1.64. The van der Waals surface area contributed by atoms with Gasteiger partial charge in [-0.25, -0.2) is 0 Å². The van der Waals surface area contributed by atoms with Crippen LogP contribution in [0.4, 0.5) is 0 Å². The van der Waals surface area contributed by atoms with Crippen molar-refractivity contribution in [2.24, 2.45) is 5.92 Å². The molecular weight excluding hydrogens is 180 g/mol. The maximum absolute atomic E-state index is 11.7. The van der Waals surface area contributed by atoms with Gasteiger partial charge < -0.3 is 15.0 Å². The van der Waals surface area contributed by atoms with E-state index in [0.29, 0.717) is 6.61 Å². The maximum Gasteiger partial charge on any atom is 0.225 e. The van der Waals surface area contributed by atoms with Crippen molar-refractivity contribution in [3.05, 3.63) is 0 Å². The van der Waals surface area contributed by atoms with Crippen LogP contribution in [0.15, 0.2) is 0 Å². The van der Waals surface area contributed by atoms with Crippen molar-refractivity contribution in [3.63, 3.8) is 0 Å². The van der Waals surface area contributed by atoms with Crippen molar-refractivity contribution in [3.8, 4) is 0 Å². The first-order valence-electron chi connectivity index (χ1n) is 5.20. The van der Waals surface area contributed by atoms with Crippen LogP contribution in [0.25, 0.3) is 0 Å². The number of amides is 1. The van der Waals surface area contributed by atoms with Gasteiger partial charge in [-0.2, -0.15) is 0 Å². The van der Waals surface area contributed by atoms with Crippen LogP contribution in [0.3, 0.4) is 0 Å². The summed E-state index contributed by atoms with van der Waals surface area (Å²) in [6.07, 6.45) is 0.149. The molecule has 1 rings (SSSR count). The highest BCUT2D eigenvalue weighted by Crippen LogP contribution is 2.08. The fourth-order valence-corrected chi connectivity index (χ4v) is 1.64. The third-order valence-corrected chi connectivity index (χ3v) is 2.38. The van der Waals surface area contributed by atoms with Gasteiger partial charge >= 0.3 is 0 Å². The lowest BCUT2D eigenvalue weighted by molar-refractivity contribution is -0.141. The number of nitrogens with zero attached hydrogens (tertiary/aromatic N) is 1. The molecule has 1 saturated heterocycles. The Morgan fingerprint density at radius 3 is 2.93 bits per heavy atom. The van der Waals surface area contributed by atoms with Crippen molar-refractivity contribution in [2.75, 3.05) is 33.3 Å². The minimum atomic E-state index is 0.0864. The molecule has 14 heavy (non-hydrogen) atoms. The zero-order valence-corrected chi connectivity index (χ0v) is 9.25. The molecule has 0 saturated carbocycles. The van der Waals surface area contributed by atoms with E-state index < -0.39 is 0 Å². The Morgan fingerprint density at radius 1 is 1.64 bits per heavy atom. The average Bonchev–Trinajstić information content (AvgIpc) is 2.17. The van der Waals surface area contributed by atoms with Crippen molar-refractivity contribution in [1.29, 1.82) is 0 Å². The molecule has 0 unspecified atom stereocenters. The lowest BCUT2D eigenvalue weighted by atomic mass is 10.1. The Hall–Kier alpha value is -0.610. The predicted octanol–water partition coefficient (Wildman–Crippen LogP) is 0.0892. The normalized spacial score (nSPS) is 22.9. The second-order valence-electron chi connectivity index (χ2n) is 3.99. The second kappa shape index (κ2) is 5.32. The number of carbonyl (C=O) groups is 1. The zero-order chi connectivity index (χ0) is 10.6. The van der Waals surface area contributed by atoms with Crippen LogP contribution < -0.4 is 5.32 Å². The lowest BCUT2D eigenvalue weighted by Crippen LogP contribution is -2.49. The summed E-state index contributed by atoms with van der Waals surface area (Å²) in [6, 6.07) is 0. The molecule has 82 valence electrons. The third kappa shape index (κ3) is 2.96. The van der Waals surface area contributed by atoms with Crippen molar-refractivity contribution < 1.29 is 9.53 Å². The Labute approximate surface area is 85.6 Å². The summed E-state index contributed by atoms with van der Waals surface area (Å²) >= 11 is 0. The number of rotatable bonds is 3. The SMILES string of the molecule is CNC[C@@H]1CN(C(=O)C(C)C)CCO1. The quantitative estimate of drug-likeness (QED) is 0.702. The highest BCUT2D eigenvalue weighted by molar-refractivity contribution is 5.78. The smallest absolute Gasteiger partial charge is 0.225 e. The van der Waals surface area contributed by atoms with Crippen LogP contribution >= 0.6 is 0 Å². The lowest BCUT2D eigenvalue weighted by Gasteiger charge is -2.33. The largest absolute Gasteiger partial charge is 0.373 e. The number of hydrogen-bond donors (Lipinski definition) is 1. The molecule has 1 aliphatic rings. The first-order valence-corrected chi connectivity index (χ1v) is 5.20. The van der Waals surface area contributed by atoms with Gasteiger partial charge in [-0.05, 0) is 7.05 Å². The van der Waals surface area contributed by atoms with Crippen LogP contribution in [0.5, 0.6) is 0 Å². The Bertz CT molecular complexity index is 193. The summed E-state index contributed by atoms with van der Waals surface area (Å²) in [7, 11) is 1.90. The van der Waals surface area contributed by atoms with E-state index >= 15 is 0 Å². The molecule has 0 aromatic carbocycles. The molecule has 1 N–H and O–H groups in total. The van der Waals surface area contributed by atoms with Gasteiger partial charge in [-0.1, -0.05) is 13.8 Å². The first-order chi connectivity index (χ1) is 6.65. The molecule has 0 bridgehead atoms. The molecule has 1 heterocycles. The topological polar surface area (TPSA) is 41.6 Å². The first kappa shape index (κ1) is 11.5. The summed E-state index contributed by atoms with van der Waals surface area (Å²) in [5.41, 5.74) is 0. The van der Waals surface area contributed by atoms with E-state index in [1.54, 1.807) is 0 Å². The van der Waals surface area contributed by atoms with Gasteiger partial charge in [0, 0.05) is 25.6 Å².